The molecule has 2 saturated carbocycles. The molecule has 2 fully saturated rings. The van der Waals surface area contributed by atoms with E-state index in [9.17, 15) is 22.8 Å². The molecule has 0 N–H and O–H groups in total. The van der Waals surface area contributed by atoms with E-state index in [1.165, 1.54) is 13.3 Å². The fraction of sp³-hybridized carbons (Fsp3) is 0.889. The fourth-order valence-corrected chi connectivity index (χ4v) is 4.15. The van der Waals surface area contributed by atoms with Gasteiger partial charge in [-0.3, -0.25) is 9.59 Å². The zero-order valence-electron chi connectivity index (χ0n) is 15.1. The number of rotatable bonds is 7. The standard InChI is InChI=1S/C18H27F3O4/c1-4-16(3,18(19,20)21)15(23)24-9-8-14(22)25-17(5-2)11-12-6-7-13(17)10-12/h12-13H,4-11H2,1-3H3. The largest absolute Gasteiger partial charge is 0.464 e. The molecule has 0 aromatic heterocycles. The van der Waals surface area contributed by atoms with Crippen LogP contribution in [0.2, 0.25) is 0 Å². The van der Waals surface area contributed by atoms with Gasteiger partial charge < -0.3 is 9.47 Å². The molecule has 2 rings (SSSR count). The van der Waals surface area contributed by atoms with Crippen molar-refractivity contribution >= 4 is 11.9 Å². The number of ether oxygens (including phenoxy) is 2. The van der Waals surface area contributed by atoms with Gasteiger partial charge in [-0.15, -0.1) is 0 Å². The van der Waals surface area contributed by atoms with Crippen molar-refractivity contribution in [1.82, 2.24) is 0 Å². The Morgan fingerprint density at radius 1 is 1.20 bits per heavy atom. The summed E-state index contributed by atoms with van der Waals surface area (Å²) >= 11 is 0. The van der Waals surface area contributed by atoms with E-state index in [2.05, 4.69) is 0 Å². The Balaban J connectivity index is 1.83. The van der Waals surface area contributed by atoms with Crippen molar-refractivity contribution in [3.8, 4) is 0 Å². The first kappa shape index (κ1) is 20.0. The van der Waals surface area contributed by atoms with Gasteiger partial charge in [0, 0.05) is 0 Å². The summed E-state index contributed by atoms with van der Waals surface area (Å²) in [5, 5.41) is 0. The molecular weight excluding hydrogens is 337 g/mol. The van der Waals surface area contributed by atoms with E-state index in [1.807, 2.05) is 6.92 Å². The van der Waals surface area contributed by atoms with E-state index in [0.29, 0.717) is 11.8 Å². The van der Waals surface area contributed by atoms with Crippen molar-refractivity contribution in [2.24, 2.45) is 17.3 Å². The second-order valence-corrected chi connectivity index (χ2v) is 7.54. The van der Waals surface area contributed by atoms with Crippen molar-refractivity contribution in [2.45, 2.75) is 77.5 Å². The van der Waals surface area contributed by atoms with E-state index < -0.39 is 42.2 Å². The summed E-state index contributed by atoms with van der Waals surface area (Å²) in [5.41, 5.74) is -2.99. The molecule has 0 aromatic rings. The Bertz CT molecular complexity index is 519. The zero-order valence-corrected chi connectivity index (χ0v) is 15.1. The van der Waals surface area contributed by atoms with Crippen molar-refractivity contribution in [1.29, 1.82) is 0 Å². The molecule has 2 aliphatic rings. The summed E-state index contributed by atoms with van der Waals surface area (Å²) in [6, 6.07) is 0. The molecule has 25 heavy (non-hydrogen) atoms. The number of alkyl halides is 3. The van der Waals surface area contributed by atoms with E-state index in [0.717, 1.165) is 32.6 Å². The van der Waals surface area contributed by atoms with Crippen molar-refractivity contribution in [3.63, 3.8) is 0 Å². The topological polar surface area (TPSA) is 52.6 Å². The highest BCUT2D eigenvalue weighted by molar-refractivity contribution is 5.78. The Morgan fingerprint density at radius 3 is 2.32 bits per heavy atom. The summed E-state index contributed by atoms with van der Waals surface area (Å²) in [4.78, 5) is 23.9. The maximum atomic E-state index is 13.0. The third-order valence-corrected chi connectivity index (χ3v) is 6.16. The highest BCUT2D eigenvalue weighted by Crippen LogP contribution is 2.54. The number of carbonyl (C=O) groups is 2. The van der Waals surface area contributed by atoms with Gasteiger partial charge in [0.25, 0.3) is 0 Å². The van der Waals surface area contributed by atoms with Crippen LogP contribution in [0.15, 0.2) is 0 Å². The Morgan fingerprint density at radius 2 is 1.88 bits per heavy atom. The van der Waals surface area contributed by atoms with Crippen LogP contribution in [0.1, 0.15) is 65.7 Å². The molecule has 4 nitrogen and oxygen atoms in total. The SMILES string of the molecule is CCC1(OC(=O)CCOC(=O)C(C)(CC)C(F)(F)F)CC2CCC1C2. The normalized spacial score (nSPS) is 30.8. The lowest BCUT2D eigenvalue weighted by Crippen LogP contribution is -2.43. The minimum absolute atomic E-state index is 0.220. The molecule has 0 heterocycles. The Hall–Kier alpha value is -1.27. The number of halogens is 3. The molecule has 0 aromatic carbocycles. The van der Waals surface area contributed by atoms with E-state index in [-0.39, 0.29) is 6.42 Å². The minimum Gasteiger partial charge on any atom is -0.464 e. The monoisotopic (exact) mass is 364 g/mol. The van der Waals surface area contributed by atoms with Gasteiger partial charge in [0.05, 0.1) is 6.42 Å². The quantitative estimate of drug-likeness (QED) is 0.628. The molecular formula is C18H27F3O4. The van der Waals surface area contributed by atoms with E-state index >= 15 is 0 Å². The van der Waals surface area contributed by atoms with Gasteiger partial charge in [0.15, 0.2) is 5.41 Å². The third-order valence-electron chi connectivity index (χ3n) is 6.16. The van der Waals surface area contributed by atoms with Crippen LogP contribution >= 0.6 is 0 Å². The van der Waals surface area contributed by atoms with Crippen molar-refractivity contribution in [2.75, 3.05) is 6.61 Å². The van der Waals surface area contributed by atoms with Gasteiger partial charge in [-0.2, -0.15) is 13.2 Å². The van der Waals surface area contributed by atoms with Gasteiger partial charge in [0.2, 0.25) is 0 Å². The number of fused-ring (bicyclic) bond motifs is 2. The molecule has 0 radical (unpaired) electrons. The van der Waals surface area contributed by atoms with Crippen LogP contribution in [0, 0.1) is 17.3 Å². The summed E-state index contributed by atoms with van der Waals surface area (Å²) in [6.07, 6.45) is -0.408. The molecule has 2 aliphatic carbocycles. The Kier molecular flexibility index (Phi) is 5.74. The number of hydrogen-bond donors (Lipinski definition) is 0. The second kappa shape index (κ2) is 7.16. The average molecular weight is 364 g/mol. The second-order valence-electron chi connectivity index (χ2n) is 7.54. The number of esters is 2. The molecule has 2 bridgehead atoms. The molecule has 0 aliphatic heterocycles. The molecule has 0 spiro atoms. The van der Waals surface area contributed by atoms with Crippen LogP contribution in [0.4, 0.5) is 13.2 Å². The van der Waals surface area contributed by atoms with E-state index in [1.54, 1.807) is 0 Å². The average Bonchev–Trinajstić information content (AvgIpc) is 3.13. The third kappa shape index (κ3) is 3.80. The van der Waals surface area contributed by atoms with E-state index in [4.69, 9.17) is 9.47 Å². The molecule has 144 valence electrons. The first-order valence-corrected chi connectivity index (χ1v) is 9.03. The van der Waals surface area contributed by atoms with Crippen LogP contribution in [-0.4, -0.2) is 30.3 Å². The van der Waals surface area contributed by atoms with Crippen LogP contribution < -0.4 is 0 Å². The predicted octanol–water partition coefficient (Wildman–Crippen LogP) is 4.41. The Labute approximate surface area is 146 Å². The van der Waals surface area contributed by atoms with Gasteiger partial charge in [0.1, 0.15) is 12.2 Å². The maximum absolute atomic E-state index is 13.0. The fourth-order valence-electron chi connectivity index (χ4n) is 4.15. The zero-order chi connectivity index (χ0) is 18.9. The minimum atomic E-state index is -4.69. The summed E-state index contributed by atoms with van der Waals surface area (Å²) in [5.74, 6) is -0.872. The van der Waals surface area contributed by atoms with Gasteiger partial charge in [-0.05, 0) is 57.3 Å². The summed E-state index contributed by atoms with van der Waals surface area (Å²) < 4.78 is 49.4. The first-order valence-electron chi connectivity index (χ1n) is 9.03. The highest BCUT2D eigenvalue weighted by atomic mass is 19.4. The highest BCUT2D eigenvalue weighted by Gasteiger charge is 2.56. The molecule has 4 unspecified atom stereocenters. The van der Waals surface area contributed by atoms with Crippen LogP contribution in [0.3, 0.4) is 0 Å². The summed E-state index contributed by atoms with van der Waals surface area (Å²) in [6.45, 7) is 3.69. The first-order chi connectivity index (χ1) is 11.6. The lowest BCUT2D eigenvalue weighted by atomic mass is 9.82. The predicted molar refractivity (Wildman–Crippen MR) is 84.6 cm³/mol. The molecule has 4 atom stereocenters. The summed E-state index contributed by atoms with van der Waals surface area (Å²) in [7, 11) is 0. The maximum Gasteiger partial charge on any atom is 0.404 e. The molecule has 7 heteroatoms. The molecule has 0 amide bonds. The van der Waals surface area contributed by atoms with Crippen molar-refractivity contribution in [3.05, 3.63) is 0 Å². The van der Waals surface area contributed by atoms with Gasteiger partial charge in [-0.1, -0.05) is 13.8 Å². The number of carbonyl (C=O) groups excluding carboxylic acids is 2. The number of hydrogen-bond acceptors (Lipinski definition) is 4. The van der Waals surface area contributed by atoms with Crippen molar-refractivity contribution < 1.29 is 32.2 Å². The lowest BCUT2D eigenvalue weighted by Gasteiger charge is -2.36. The van der Waals surface area contributed by atoms with Crippen LogP contribution in [0.25, 0.3) is 0 Å². The van der Waals surface area contributed by atoms with Gasteiger partial charge in [-0.25, -0.2) is 0 Å². The van der Waals surface area contributed by atoms with Crippen LogP contribution in [0.5, 0.6) is 0 Å². The lowest BCUT2D eigenvalue weighted by molar-refractivity contribution is -0.230. The smallest absolute Gasteiger partial charge is 0.404 e. The van der Waals surface area contributed by atoms with Crippen LogP contribution in [-0.2, 0) is 19.1 Å². The molecule has 0 saturated heterocycles. The van der Waals surface area contributed by atoms with Gasteiger partial charge >= 0.3 is 18.1 Å².